The Labute approximate surface area is 84.2 Å². The molecule has 0 bridgehead atoms. The Balaban J connectivity index is 2.68. The van der Waals surface area contributed by atoms with Crippen molar-refractivity contribution in [3.8, 4) is 5.75 Å². The fraction of sp³-hybridized carbons (Fsp3) is 0.250. The van der Waals surface area contributed by atoms with E-state index < -0.39 is 0 Å². The Kier molecular flexibility index (Phi) is 3.92. The van der Waals surface area contributed by atoms with E-state index in [1.165, 1.54) is 6.92 Å². The molecule has 2 heteroatoms. The van der Waals surface area contributed by atoms with Crippen LogP contribution in [0.3, 0.4) is 0 Å². The number of carbonyl (C=O) groups excluding carboxylic acids is 1. The predicted octanol–water partition coefficient (Wildman–Crippen LogP) is 2.69. The lowest BCUT2D eigenvalue weighted by molar-refractivity contribution is -0.112. The lowest BCUT2D eigenvalue weighted by Crippen LogP contribution is -1.90. The molecule has 0 aliphatic heterocycles. The van der Waals surface area contributed by atoms with E-state index in [4.69, 9.17) is 4.74 Å². The topological polar surface area (TPSA) is 26.3 Å². The standard InChI is InChI=1S/C12H14O2/c1-3-14-12-8-6-11(7-9-12)5-4-10(2)13/h4-9H,3H2,1-2H3/b5-4+. The summed E-state index contributed by atoms with van der Waals surface area (Å²) in [5.41, 5.74) is 1.00. The first-order chi connectivity index (χ1) is 6.72. The second kappa shape index (κ2) is 5.22. The van der Waals surface area contributed by atoms with Gasteiger partial charge in [0.25, 0.3) is 0 Å². The van der Waals surface area contributed by atoms with Gasteiger partial charge in [-0.2, -0.15) is 0 Å². The van der Waals surface area contributed by atoms with E-state index >= 15 is 0 Å². The smallest absolute Gasteiger partial charge is 0.152 e. The molecule has 74 valence electrons. The molecule has 0 amide bonds. The zero-order valence-corrected chi connectivity index (χ0v) is 8.49. The van der Waals surface area contributed by atoms with Crippen LogP contribution in [0.25, 0.3) is 6.08 Å². The summed E-state index contributed by atoms with van der Waals surface area (Å²) in [6.45, 7) is 4.15. The minimum Gasteiger partial charge on any atom is -0.494 e. The van der Waals surface area contributed by atoms with Crippen molar-refractivity contribution in [1.29, 1.82) is 0 Å². The zero-order chi connectivity index (χ0) is 10.4. The number of hydrogen-bond donors (Lipinski definition) is 0. The molecule has 0 aliphatic carbocycles. The highest BCUT2D eigenvalue weighted by atomic mass is 16.5. The van der Waals surface area contributed by atoms with E-state index in [9.17, 15) is 4.79 Å². The predicted molar refractivity (Wildman–Crippen MR) is 57.3 cm³/mol. The molecule has 1 aromatic carbocycles. The number of hydrogen-bond acceptors (Lipinski definition) is 2. The van der Waals surface area contributed by atoms with Gasteiger partial charge < -0.3 is 4.74 Å². The van der Waals surface area contributed by atoms with Crippen LogP contribution in [0.4, 0.5) is 0 Å². The fourth-order valence-electron chi connectivity index (χ4n) is 1.06. The van der Waals surface area contributed by atoms with Gasteiger partial charge >= 0.3 is 0 Å². The third-order valence-electron chi connectivity index (χ3n) is 1.70. The maximum atomic E-state index is 10.7. The van der Waals surface area contributed by atoms with Crippen molar-refractivity contribution in [2.24, 2.45) is 0 Å². The normalized spacial score (nSPS) is 10.4. The Morgan fingerprint density at radius 2 is 2.00 bits per heavy atom. The molecule has 0 radical (unpaired) electrons. The van der Waals surface area contributed by atoms with Crippen LogP contribution in [-0.4, -0.2) is 12.4 Å². The van der Waals surface area contributed by atoms with Crippen molar-refractivity contribution in [3.63, 3.8) is 0 Å². The second-order valence-electron chi connectivity index (χ2n) is 2.95. The molecule has 2 nitrogen and oxygen atoms in total. The van der Waals surface area contributed by atoms with Crippen molar-refractivity contribution in [1.82, 2.24) is 0 Å². The molecule has 0 N–H and O–H groups in total. The first-order valence-corrected chi connectivity index (χ1v) is 4.64. The molecule has 0 atom stereocenters. The number of ether oxygens (including phenoxy) is 1. The Morgan fingerprint density at radius 3 is 2.50 bits per heavy atom. The van der Waals surface area contributed by atoms with Crippen LogP contribution in [0.2, 0.25) is 0 Å². The summed E-state index contributed by atoms with van der Waals surface area (Å²) in [7, 11) is 0. The average Bonchev–Trinajstić information content (AvgIpc) is 2.17. The molecule has 1 aromatic rings. The summed E-state index contributed by atoms with van der Waals surface area (Å²) in [6.07, 6.45) is 3.34. The van der Waals surface area contributed by atoms with Crippen molar-refractivity contribution < 1.29 is 9.53 Å². The summed E-state index contributed by atoms with van der Waals surface area (Å²) in [5, 5.41) is 0. The fourth-order valence-corrected chi connectivity index (χ4v) is 1.06. The quantitative estimate of drug-likeness (QED) is 0.682. The summed E-state index contributed by atoms with van der Waals surface area (Å²) in [6, 6.07) is 7.63. The molecule has 0 spiro atoms. The Bertz CT molecular complexity index is 323. The van der Waals surface area contributed by atoms with Crippen LogP contribution < -0.4 is 4.74 Å². The lowest BCUT2D eigenvalue weighted by atomic mass is 10.2. The number of carbonyl (C=O) groups is 1. The van der Waals surface area contributed by atoms with Gasteiger partial charge in [-0.25, -0.2) is 0 Å². The minimum absolute atomic E-state index is 0.0545. The van der Waals surface area contributed by atoms with E-state index in [2.05, 4.69) is 0 Å². The van der Waals surface area contributed by atoms with Gasteiger partial charge in [0, 0.05) is 0 Å². The van der Waals surface area contributed by atoms with Crippen LogP contribution in [-0.2, 0) is 4.79 Å². The number of rotatable bonds is 4. The van der Waals surface area contributed by atoms with Crippen LogP contribution in [0.5, 0.6) is 5.75 Å². The van der Waals surface area contributed by atoms with Gasteiger partial charge in [-0.05, 0) is 37.6 Å². The average molecular weight is 190 g/mol. The number of allylic oxidation sites excluding steroid dienone is 1. The monoisotopic (exact) mass is 190 g/mol. The molecular weight excluding hydrogens is 176 g/mol. The third kappa shape index (κ3) is 3.44. The van der Waals surface area contributed by atoms with Gasteiger partial charge in [-0.3, -0.25) is 4.79 Å². The molecule has 0 saturated carbocycles. The minimum atomic E-state index is 0.0545. The molecule has 0 aromatic heterocycles. The van der Waals surface area contributed by atoms with Gasteiger partial charge in [-0.15, -0.1) is 0 Å². The van der Waals surface area contributed by atoms with Crippen LogP contribution in [0, 0.1) is 0 Å². The third-order valence-corrected chi connectivity index (χ3v) is 1.70. The molecule has 0 heterocycles. The number of ketones is 1. The highest BCUT2D eigenvalue weighted by Crippen LogP contribution is 2.12. The largest absolute Gasteiger partial charge is 0.494 e. The zero-order valence-electron chi connectivity index (χ0n) is 8.49. The second-order valence-corrected chi connectivity index (χ2v) is 2.95. The summed E-state index contributed by atoms with van der Waals surface area (Å²) in [4.78, 5) is 10.7. The molecule has 0 unspecified atom stereocenters. The first-order valence-electron chi connectivity index (χ1n) is 4.64. The van der Waals surface area contributed by atoms with Crippen LogP contribution in [0.15, 0.2) is 30.3 Å². The van der Waals surface area contributed by atoms with E-state index in [0.29, 0.717) is 6.61 Å². The Morgan fingerprint density at radius 1 is 1.36 bits per heavy atom. The van der Waals surface area contributed by atoms with Crippen LogP contribution >= 0.6 is 0 Å². The highest BCUT2D eigenvalue weighted by molar-refractivity contribution is 5.91. The maximum absolute atomic E-state index is 10.7. The molecule has 0 saturated heterocycles. The lowest BCUT2D eigenvalue weighted by Gasteiger charge is -2.01. The van der Waals surface area contributed by atoms with Crippen molar-refractivity contribution >= 4 is 11.9 Å². The molecule has 14 heavy (non-hydrogen) atoms. The SMILES string of the molecule is CCOc1ccc(/C=C/C(C)=O)cc1. The van der Waals surface area contributed by atoms with Crippen molar-refractivity contribution in [2.45, 2.75) is 13.8 Å². The van der Waals surface area contributed by atoms with Crippen molar-refractivity contribution in [2.75, 3.05) is 6.61 Å². The van der Waals surface area contributed by atoms with E-state index in [1.54, 1.807) is 12.2 Å². The number of benzene rings is 1. The van der Waals surface area contributed by atoms with Gasteiger partial charge in [0.1, 0.15) is 5.75 Å². The van der Waals surface area contributed by atoms with Gasteiger partial charge in [-0.1, -0.05) is 18.2 Å². The summed E-state index contributed by atoms with van der Waals surface area (Å²) in [5.74, 6) is 0.909. The van der Waals surface area contributed by atoms with Crippen LogP contribution in [0.1, 0.15) is 19.4 Å². The van der Waals surface area contributed by atoms with Crippen molar-refractivity contribution in [3.05, 3.63) is 35.9 Å². The maximum Gasteiger partial charge on any atom is 0.152 e. The summed E-state index contributed by atoms with van der Waals surface area (Å²) < 4.78 is 5.30. The van der Waals surface area contributed by atoms with Gasteiger partial charge in [0.15, 0.2) is 5.78 Å². The summed E-state index contributed by atoms with van der Waals surface area (Å²) >= 11 is 0. The van der Waals surface area contributed by atoms with E-state index in [-0.39, 0.29) is 5.78 Å². The van der Waals surface area contributed by atoms with E-state index in [0.717, 1.165) is 11.3 Å². The van der Waals surface area contributed by atoms with Gasteiger partial charge in [0.2, 0.25) is 0 Å². The molecule has 0 aliphatic rings. The molecular formula is C12H14O2. The molecule has 1 rings (SSSR count). The Hall–Kier alpha value is -1.57. The first kappa shape index (κ1) is 10.5. The van der Waals surface area contributed by atoms with E-state index in [1.807, 2.05) is 31.2 Å². The molecule has 0 fully saturated rings. The highest BCUT2D eigenvalue weighted by Gasteiger charge is 1.91. The van der Waals surface area contributed by atoms with Gasteiger partial charge in [0.05, 0.1) is 6.61 Å².